The van der Waals surface area contributed by atoms with Gasteiger partial charge < -0.3 is 5.32 Å². The zero-order valence-electron chi connectivity index (χ0n) is 11.1. The van der Waals surface area contributed by atoms with Crippen molar-refractivity contribution in [1.82, 2.24) is 10.2 Å². The Bertz CT molecular complexity index is 411. The molecule has 0 saturated carbocycles. The van der Waals surface area contributed by atoms with Crippen molar-refractivity contribution in [2.75, 3.05) is 19.6 Å². The summed E-state index contributed by atoms with van der Waals surface area (Å²) in [7, 11) is 0. The molecule has 6 heteroatoms. The average molecular weight is 307 g/mol. The summed E-state index contributed by atoms with van der Waals surface area (Å²) >= 11 is 5.81. The molecule has 1 fully saturated rings. The Kier molecular flexibility index (Phi) is 5.29. The van der Waals surface area contributed by atoms with Crippen LogP contribution in [0.5, 0.6) is 0 Å². The maximum atomic E-state index is 12.3. The normalized spacial score (nSPS) is 18.4. The molecule has 0 aromatic heterocycles. The Morgan fingerprint density at radius 2 is 1.75 bits per heavy atom. The van der Waals surface area contributed by atoms with Gasteiger partial charge in [-0.3, -0.25) is 4.90 Å². The van der Waals surface area contributed by atoms with Crippen LogP contribution in [0.4, 0.5) is 13.2 Å². The monoisotopic (exact) mass is 306 g/mol. The number of likely N-dealkylation sites (tertiary alicyclic amines) is 1. The van der Waals surface area contributed by atoms with Gasteiger partial charge in [-0.05, 0) is 43.6 Å². The minimum atomic E-state index is -4.09. The zero-order chi connectivity index (χ0) is 14.6. The summed E-state index contributed by atoms with van der Waals surface area (Å²) < 4.78 is 36.8. The minimum absolute atomic E-state index is 0.287. The summed E-state index contributed by atoms with van der Waals surface area (Å²) in [5, 5.41) is 4.09. The van der Waals surface area contributed by atoms with Gasteiger partial charge in [0.15, 0.2) is 0 Å². The van der Waals surface area contributed by atoms with Crippen molar-refractivity contribution in [3.63, 3.8) is 0 Å². The number of halogens is 4. The van der Waals surface area contributed by atoms with E-state index in [9.17, 15) is 13.2 Å². The molecule has 1 aromatic carbocycles. The molecule has 2 nitrogen and oxygen atoms in total. The molecule has 1 N–H and O–H groups in total. The summed E-state index contributed by atoms with van der Waals surface area (Å²) in [5.41, 5.74) is 1.13. The number of hydrogen-bond acceptors (Lipinski definition) is 2. The fourth-order valence-electron chi connectivity index (χ4n) is 2.41. The second kappa shape index (κ2) is 6.78. The lowest BCUT2D eigenvalue weighted by atomic mass is 10.0. The van der Waals surface area contributed by atoms with Crippen molar-refractivity contribution in [3.05, 3.63) is 34.9 Å². The number of hydrogen-bond donors (Lipinski definition) is 1. The van der Waals surface area contributed by atoms with Gasteiger partial charge in [0.1, 0.15) is 0 Å². The lowest BCUT2D eigenvalue weighted by Gasteiger charge is -2.32. The number of nitrogens with one attached hydrogen (secondary N) is 1. The van der Waals surface area contributed by atoms with Crippen molar-refractivity contribution >= 4 is 11.6 Å². The summed E-state index contributed by atoms with van der Waals surface area (Å²) in [6.45, 7) is 0.924. The Labute approximate surface area is 121 Å². The van der Waals surface area contributed by atoms with Gasteiger partial charge in [0, 0.05) is 17.6 Å². The maximum absolute atomic E-state index is 12.3. The lowest BCUT2D eigenvalue weighted by molar-refractivity contribution is -0.148. The second-order valence-electron chi connectivity index (χ2n) is 5.17. The van der Waals surface area contributed by atoms with Crippen LogP contribution < -0.4 is 5.32 Å². The topological polar surface area (TPSA) is 15.3 Å². The first-order valence-electron chi connectivity index (χ1n) is 6.69. The first kappa shape index (κ1) is 15.6. The Balaban J connectivity index is 1.70. The third-order valence-corrected chi connectivity index (χ3v) is 3.75. The van der Waals surface area contributed by atoms with Crippen LogP contribution in [0.25, 0.3) is 0 Å². The van der Waals surface area contributed by atoms with Crippen LogP contribution in [0.15, 0.2) is 24.3 Å². The van der Waals surface area contributed by atoms with E-state index in [2.05, 4.69) is 5.32 Å². The zero-order valence-corrected chi connectivity index (χ0v) is 11.8. The quantitative estimate of drug-likeness (QED) is 0.916. The number of piperidine rings is 1. The first-order valence-corrected chi connectivity index (χ1v) is 7.07. The van der Waals surface area contributed by atoms with Crippen molar-refractivity contribution < 1.29 is 13.2 Å². The number of rotatable bonds is 4. The molecule has 2 rings (SSSR count). The largest absolute Gasteiger partial charge is 0.401 e. The molecule has 112 valence electrons. The van der Waals surface area contributed by atoms with E-state index in [4.69, 9.17) is 11.6 Å². The summed E-state index contributed by atoms with van der Waals surface area (Å²) in [6, 6.07) is 7.87. The number of nitrogens with zero attached hydrogens (tertiary/aromatic N) is 1. The molecular weight excluding hydrogens is 289 g/mol. The maximum Gasteiger partial charge on any atom is 0.401 e. The highest BCUT2D eigenvalue weighted by atomic mass is 35.5. The van der Waals surface area contributed by atoms with E-state index < -0.39 is 12.7 Å². The van der Waals surface area contributed by atoms with E-state index in [1.165, 1.54) is 4.90 Å². The highest BCUT2D eigenvalue weighted by Gasteiger charge is 2.32. The molecule has 0 amide bonds. The molecule has 1 saturated heterocycles. The first-order chi connectivity index (χ1) is 9.42. The molecule has 1 aliphatic heterocycles. The van der Waals surface area contributed by atoms with E-state index in [0.717, 1.165) is 24.9 Å². The van der Waals surface area contributed by atoms with Gasteiger partial charge in [0.25, 0.3) is 0 Å². The minimum Gasteiger partial charge on any atom is -0.310 e. The lowest BCUT2D eigenvalue weighted by Crippen LogP contribution is -2.45. The van der Waals surface area contributed by atoms with E-state index in [0.29, 0.717) is 18.1 Å². The van der Waals surface area contributed by atoms with Crippen LogP contribution in [-0.4, -0.2) is 36.8 Å². The van der Waals surface area contributed by atoms with Gasteiger partial charge in [-0.15, -0.1) is 0 Å². The molecule has 1 aliphatic rings. The van der Waals surface area contributed by atoms with Crippen LogP contribution in [0, 0.1) is 0 Å². The molecule has 0 atom stereocenters. The Morgan fingerprint density at radius 1 is 1.15 bits per heavy atom. The van der Waals surface area contributed by atoms with Crippen LogP contribution in [-0.2, 0) is 6.54 Å². The molecule has 1 heterocycles. The van der Waals surface area contributed by atoms with Crippen LogP contribution in [0.1, 0.15) is 18.4 Å². The van der Waals surface area contributed by atoms with E-state index in [1.807, 2.05) is 24.3 Å². The smallest absolute Gasteiger partial charge is 0.310 e. The van der Waals surface area contributed by atoms with E-state index >= 15 is 0 Å². The van der Waals surface area contributed by atoms with E-state index in [1.54, 1.807) is 0 Å². The van der Waals surface area contributed by atoms with Crippen LogP contribution in [0.3, 0.4) is 0 Å². The number of alkyl halides is 3. The van der Waals surface area contributed by atoms with Gasteiger partial charge in [-0.25, -0.2) is 0 Å². The van der Waals surface area contributed by atoms with Crippen LogP contribution >= 0.6 is 11.6 Å². The van der Waals surface area contributed by atoms with E-state index in [-0.39, 0.29) is 6.04 Å². The average Bonchev–Trinajstić information content (AvgIpc) is 2.38. The standard InChI is InChI=1S/C14H18ClF3N2/c15-12-3-1-11(2-4-12)9-19-13-5-7-20(8-6-13)10-14(16,17)18/h1-4,13,19H,5-10H2. The predicted octanol–water partition coefficient (Wildman–Crippen LogP) is 3.46. The molecule has 0 radical (unpaired) electrons. The fourth-order valence-corrected chi connectivity index (χ4v) is 2.54. The number of benzene rings is 1. The van der Waals surface area contributed by atoms with Crippen molar-refractivity contribution in [1.29, 1.82) is 0 Å². The van der Waals surface area contributed by atoms with Gasteiger partial charge >= 0.3 is 6.18 Å². The van der Waals surface area contributed by atoms with Gasteiger partial charge in [0.05, 0.1) is 6.54 Å². The van der Waals surface area contributed by atoms with Gasteiger partial charge in [-0.2, -0.15) is 13.2 Å². The van der Waals surface area contributed by atoms with Gasteiger partial charge in [0.2, 0.25) is 0 Å². The molecule has 1 aromatic rings. The van der Waals surface area contributed by atoms with Gasteiger partial charge in [-0.1, -0.05) is 23.7 Å². The summed E-state index contributed by atoms with van der Waals surface area (Å²) in [6.07, 6.45) is -2.59. The summed E-state index contributed by atoms with van der Waals surface area (Å²) in [4.78, 5) is 1.47. The molecule has 0 spiro atoms. The molecule has 0 aliphatic carbocycles. The third kappa shape index (κ3) is 5.31. The molecular formula is C14H18ClF3N2. The second-order valence-corrected chi connectivity index (χ2v) is 5.61. The molecule has 20 heavy (non-hydrogen) atoms. The highest BCUT2D eigenvalue weighted by Crippen LogP contribution is 2.20. The van der Waals surface area contributed by atoms with Crippen molar-refractivity contribution in [2.45, 2.75) is 31.6 Å². The highest BCUT2D eigenvalue weighted by molar-refractivity contribution is 6.30. The third-order valence-electron chi connectivity index (χ3n) is 3.50. The predicted molar refractivity (Wildman–Crippen MR) is 73.8 cm³/mol. The molecule has 0 unspecified atom stereocenters. The molecule has 0 bridgehead atoms. The van der Waals surface area contributed by atoms with Crippen molar-refractivity contribution in [2.24, 2.45) is 0 Å². The summed E-state index contributed by atoms with van der Waals surface area (Å²) in [5.74, 6) is 0. The van der Waals surface area contributed by atoms with Crippen molar-refractivity contribution in [3.8, 4) is 0 Å². The van der Waals surface area contributed by atoms with Crippen LogP contribution in [0.2, 0.25) is 5.02 Å². The fraction of sp³-hybridized carbons (Fsp3) is 0.571. The Hall–Kier alpha value is -0.780. The SMILES string of the molecule is FC(F)(F)CN1CCC(NCc2ccc(Cl)cc2)CC1. The Morgan fingerprint density at radius 3 is 2.30 bits per heavy atom.